The van der Waals surface area contributed by atoms with E-state index in [9.17, 15) is 4.79 Å². The van der Waals surface area contributed by atoms with E-state index in [0.717, 1.165) is 30.2 Å². The number of ether oxygens (including phenoxy) is 3. The third-order valence-electron chi connectivity index (χ3n) is 4.95. The number of hydrogen-bond donors (Lipinski definition) is 1. The fourth-order valence-corrected chi connectivity index (χ4v) is 5.12. The van der Waals surface area contributed by atoms with E-state index in [1.807, 2.05) is 22.1 Å². The number of thioether (sulfide) groups is 1. The quantitative estimate of drug-likeness (QED) is 0.435. The number of carbonyl (C=O) groups is 1. The highest BCUT2D eigenvalue weighted by Crippen LogP contribution is 2.36. The molecule has 1 aromatic carbocycles. The van der Waals surface area contributed by atoms with Crippen molar-refractivity contribution in [1.29, 1.82) is 0 Å². The Labute approximate surface area is 199 Å². The molecular weight excluding hydrogens is 472 g/mol. The molecule has 1 aliphatic rings. The first-order valence-electron chi connectivity index (χ1n) is 10.0. The van der Waals surface area contributed by atoms with Gasteiger partial charge < -0.3 is 19.5 Å². The molecule has 3 aromatic rings. The summed E-state index contributed by atoms with van der Waals surface area (Å²) in [5.74, 6) is 1.67. The highest BCUT2D eigenvalue weighted by atomic mass is 35.5. The maximum Gasteiger partial charge on any atom is 0.234 e. The molecule has 32 heavy (non-hydrogen) atoms. The molecule has 170 valence electrons. The van der Waals surface area contributed by atoms with Crippen molar-refractivity contribution in [3.8, 4) is 22.2 Å². The SMILES string of the molecule is COc1cc(OC)c(NC(=O)CSc2nnc(-c3cccs3)n2CC2CCCO2)cc1Cl. The van der Waals surface area contributed by atoms with Crippen LogP contribution in [0.4, 0.5) is 5.69 Å². The number of aromatic nitrogens is 3. The number of nitrogens with one attached hydrogen (secondary N) is 1. The van der Waals surface area contributed by atoms with Gasteiger partial charge in [0.1, 0.15) is 11.5 Å². The Hall–Kier alpha value is -2.27. The van der Waals surface area contributed by atoms with Gasteiger partial charge in [0.05, 0.1) is 48.2 Å². The molecule has 4 rings (SSSR count). The molecule has 0 spiro atoms. The minimum absolute atomic E-state index is 0.128. The Kier molecular flexibility index (Phi) is 7.56. The number of anilines is 1. The molecule has 8 nitrogen and oxygen atoms in total. The smallest absolute Gasteiger partial charge is 0.234 e. The lowest BCUT2D eigenvalue weighted by molar-refractivity contribution is -0.113. The third-order valence-corrected chi connectivity index (χ3v) is 7.08. The van der Waals surface area contributed by atoms with Gasteiger partial charge in [0.15, 0.2) is 11.0 Å². The fourth-order valence-electron chi connectivity index (χ4n) is 3.41. The van der Waals surface area contributed by atoms with Crippen LogP contribution in [0.5, 0.6) is 11.5 Å². The van der Waals surface area contributed by atoms with Gasteiger partial charge in [-0.2, -0.15) is 0 Å². The van der Waals surface area contributed by atoms with Crippen LogP contribution in [0.25, 0.3) is 10.7 Å². The van der Waals surface area contributed by atoms with E-state index >= 15 is 0 Å². The van der Waals surface area contributed by atoms with Crippen LogP contribution < -0.4 is 14.8 Å². The van der Waals surface area contributed by atoms with Crippen LogP contribution in [0.3, 0.4) is 0 Å². The van der Waals surface area contributed by atoms with Crippen molar-refractivity contribution in [1.82, 2.24) is 14.8 Å². The zero-order chi connectivity index (χ0) is 22.5. The predicted octanol–water partition coefficient (Wildman–Crippen LogP) is 4.59. The van der Waals surface area contributed by atoms with Crippen LogP contribution in [0.15, 0.2) is 34.8 Å². The summed E-state index contributed by atoms with van der Waals surface area (Å²) in [6.07, 6.45) is 2.19. The van der Waals surface area contributed by atoms with Crippen LogP contribution in [0.1, 0.15) is 12.8 Å². The number of rotatable bonds is 9. The monoisotopic (exact) mass is 494 g/mol. The van der Waals surface area contributed by atoms with Crippen molar-refractivity contribution in [2.45, 2.75) is 30.6 Å². The van der Waals surface area contributed by atoms with Gasteiger partial charge in [0.2, 0.25) is 5.91 Å². The van der Waals surface area contributed by atoms with Gasteiger partial charge in [-0.3, -0.25) is 9.36 Å². The van der Waals surface area contributed by atoms with E-state index in [1.165, 1.54) is 26.0 Å². The summed E-state index contributed by atoms with van der Waals surface area (Å²) >= 11 is 9.13. The Balaban J connectivity index is 1.47. The summed E-state index contributed by atoms with van der Waals surface area (Å²) in [7, 11) is 3.04. The van der Waals surface area contributed by atoms with E-state index in [-0.39, 0.29) is 17.8 Å². The molecule has 2 aromatic heterocycles. The van der Waals surface area contributed by atoms with E-state index < -0.39 is 0 Å². The minimum atomic E-state index is -0.209. The van der Waals surface area contributed by atoms with Crippen molar-refractivity contribution < 1.29 is 19.0 Å². The molecular formula is C21H23ClN4O4S2. The number of halogens is 1. The second kappa shape index (κ2) is 10.6. The van der Waals surface area contributed by atoms with Crippen molar-refractivity contribution in [2.24, 2.45) is 0 Å². The molecule has 1 atom stereocenters. The maximum absolute atomic E-state index is 12.7. The fraction of sp³-hybridized carbons (Fsp3) is 0.381. The molecule has 1 aliphatic heterocycles. The standard InChI is InChI=1S/C21H23ClN4O4S2/c1-28-16-10-17(29-2)15(9-14(16)22)23-19(27)12-32-21-25-24-20(18-6-4-8-31-18)26(21)11-13-5-3-7-30-13/h4,6,8-10,13H,3,5,7,11-12H2,1-2H3,(H,23,27). The second-order valence-electron chi connectivity index (χ2n) is 7.05. The molecule has 11 heteroatoms. The summed E-state index contributed by atoms with van der Waals surface area (Å²) in [6, 6.07) is 7.24. The summed E-state index contributed by atoms with van der Waals surface area (Å²) in [4.78, 5) is 13.7. The average Bonchev–Trinajstić information content (AvgIpc) is 3.55. The zero-order valence-electron chi connectivity index (χ0n) is 17.7. The molecule has 0 bridgehead atoms. The second-order valence-corrected chi connectivity index (χ2v) is 9.35. The Morgan fingerprint density at radius 1 is 1.34 bits per heavy atom. The predicted molar refractivity (Wildman–Crippen MR) is 126 cm³/mol. The average molecular weight is 495 g/mol. The van der Waals surface area contributed by atoms with Crippen LogP contribution in [0, 0.1) is 0 Å². The van der Waals surface area contributed by atoms with E-state index in [4.69, 9.17) is 25.8 Å². The van der Waals surface area contributed by atoms with Gasteiger partial charge in [-0.15, -0.1) is 21.5 Å². The lowest BCUT2D eigenvalue weighted by Crippen LogP contribution is -2.18. The number of hydrogen-bond acceptors (Lipinski definition) is 8. The third kappa shape index (κ3) is 5.20. The molecule has 1 fully saturated rings. The summed E-state index contributed by atoms with van der Waals surface area (Å²) in [5, 5.41) is 14.6. The largest absolute Gasteiger partial charge is 0.495 e. The number of thiophene rings is 1. The first kappa shape index (κ1) is 22.9. The molecule has 1 unspecified atom stereocenters. The van der Waals surface area contributed by atoms with Gasteiger partial charge >= 0.3 is 0 Å². The number of methoxy groups -OCH3 is 2. The Morgan fingerprint density at radius 2 is 2.19 bits per heavy atom. The molecule has 0 radical (unpaired) electrons. The summed E-state index contributed by atoms with van der Waals surface area (Å²) < 4.78 is 18.4. The topological polar surface area (TPSA) is 87.5 Å². The van der Waals surface area contributed by atoms with Gasteiger partial charge in [-0.25, -0.2) is 0 Å². The van der Waals surface area contributed by atoms with Crippen LogP contribution >= 0.6 is 34.7 Å². The van der Waals surface area contributed by atoms with Crippen molar-refractivity contribution in [3.05, 3.63) is 34.7 Å². The van der Waals surface area contributed by atoms with Gasteiger partial charge in [0.25, 0.3) is 0 Å². The molecule has 1 amide bonds. The lowest BCUT2D eigenvalue weighted by Gasteiger charge is -2.15. The molecule has 0 aliphatic carbocycles. The van der Waals surface area contributed by atoms with Crippen molar-refractivity contribution in [3.63, 3.8) is 0 Å². The number of benzene rings is 1. The number of nitrogens with zero attached hydrogens (tertiary/aromatic N) is 3. The van der Waals surface area contributed by atoms with E-state index in [0.29, 0.717) is 33.9 Å². The lowest BCUT2D eigenvalue weighted by atomic mass is 10.2. The molecule has 0 saturated carbocycles. The van der Waals surface area contributed by atoms with Crippen molar-refractivity contribution in [2.75, 3.05) is 31.9 Å². The normalized spacial score (nSPS) is 15.7. The number of amides is 1. The summed E-state index contributed by atoms with van der Waals surface area (Å²) in [5.41, 5.74) is 0.476. The Bertz CT molecular complexity index is 1070. The number of carbonyl (C=O) groups excluding carboxylic acids is 1. The summed E-state index contributed by atoms with van der Waals surface area (Å²) in [6.45, 7) is 1.43. The zero-order valence-corrected chi connectivity index (χ0v) is 20.1. The van der Waals surface area contributed by atoms with Crippen LogP contribution in [0.2, 0.25) is 5.02 Å². The van der Waals surface area contributed by atoms with Crippen LogP contribution in [-0.4, -0.2) is 53.4 Å². The molecule has 3 heterocycles. The Morgan fingerprint density at radius 3 is 2.88 bits per heavy atom. The first-order chi connectivity index (χ1) is 15.6. The molecule has 1 saturated heterocycles. The highest BCUT2D eigenvalue weighted by Gasteiger charge is 2.23. The first-order valence-corrected chi connectivity index (χ1v) is 12.3. The highest BCUT2D eigenvalue weighted by molar-refractivity contribution is 7.99. The van der Waals surface area contributed by atoms with Gasteiger partial charge in [-0.1, -0.05) is 29.4 Å². The van der Waals surface area contributed by atoms with Crippen LogP contribution in [-0.2, 0) is 16.1 Å². The maximum atomic E-state index is 12.7. The van der Waals surface area contributed by atoms with Crippen molar-refractivity contribution >= 4 is 46.3 Å². The van der Waals surface area contributed by atoms with E-state index in [1.54, 1.807) is 23.5 Å². The molecule has 1 N–H and O–H groups in total. The minimum Gasteiger partial charge on any atom is -0.495 e. The van der Waals surface area contributed by atoms with E-state index in [2.05, 4.69) is 15.5 Å². The van der Waals surface area contributed by atoms with Gasteiger partial charge in [0, 0.05) is 12.7 Å². The van der Waals surface area contributed by atoms with Gasteiger partial charge in [-0.05, 0) is 30.4 Å².